The lowest BCUT2D eigenvalue weighted by Crippen LogP contribution is -2.48. The van der Waals surface area contributed by atoms with Gasteiger partial charge in [-0.15, -0.1) is 0 Å². The van der Waals surface area contributed by atoms with Crippen LogP contribution in [-0.4, -0.2) is 47.1 Å². The molecule has 5 nitrogen and oxygen atoms in total. The molecule has 2 aliphatic heterocycles. The summed E-state index contributed by atoms with van der Waals surface area (Å²) in [5.74, 6) is 0.238. The first-order chi connectivity index (χ1) is 13.9. The number of allylic oxidation sites excluding steroid dienone is 2. The Labute approximate surface area is 174 Å². The molecule has 1 atom stereocenters. The van der Waals surface area contributed by atoms with Crippen LogP contribution in [0.1, 0.15) is 64.9 Å². The average molecular weight is 396 g/mol. The average Bonchev–Trinajstić information content (AvgIpc) is 2.70. The van der Waals surface area contributed by atoms with E-state index in [9.17, 15) is 9.59 Å². The standard InChI is InChI=1S/C24H33N3O2/c1-19(2)8-7-14-24(3)15-13-22(28)26(18-24)16-17-27-23(29)12-11-21(25-27)20-9-5-4-6-10-20/h4-6,8-10H,7,11-18H2,1-3H3/t24-/m1/s1. The van der Waals surface area contributed by atoms with E-state index in [-0.39, 0.29) is 17.2 Å². The third-order valence-electron chi connectivity index (χ3n) is 5.96. The van der Waals surface area contributed by atoms with E-state index < -0.39 is 0 Å². The number of rotatable bonds is 7. The predicted octanol–water partition coefficient (Wildman–Crippen LogP) is 4.39. The van der Waals surface area contributed by atoms with Crippen molar-refractivity contribution in [3.05, 3.63) is 47.5 Å². The highest BCUT2D eigenvalue weighted by atomic mass is 16.2. The van der Waals surface area contributed by atoms with Gasteiger partial charge in [0.25, 0.3) is 0 Å². The fourth-order valence-corrected chi connectivity index (χ4v) is 4.14. The summed E-state index contributed by atoms with van der Waals surface area (Å²) in [5.41, 5.74) is 3.49. The summed E-state index contributed by atoms with van der Waals surface area (Å²) in [6.45, 7) is 8.31. The van der Waals surface area contributed by atoms with E-state index in [1.165, 1.54) is 5.57 Å². The summed E-state index contributed by atoms with van der Waals surface area (Å²) in [7, 11) is 0. The molecule has 0 bridgehead atoms. The van der Waals surface area contributed by atoms with Crippen molar-refractivity contribution >= 4 is 17.5 Å². The molecule has 0 aromatic heterocycles. The minimum Gasteiger partial charge on any atom is -0.340 e. The topological polar surface area (TPSA) is 53.0 Å². The van der Waals surface area contributed by atoms with E-state index in [1.54, 1.807) is 5.01 Å². The molecule has 0 N–H and O–H groups in total. The van der Waals surface area contributed by atoms with Crippen LogP contribution in [0, 0.1) is 5.41 Å². The lowest BCUT2D eigenvalue weighted by Gasteiger charge is -2.41. The lowest BCUT2D eigenvalue weighted by molar-refractivity contribution is -0.139. The third-order valence-corrected chi connectivity index (χ3v) is 5.96. The molecule has 1 saturated heterocycles. The first kappa shape index (κ1) is 21.3. The van der Waals surface area contributed by atoms with E-state index in [4.69, 9.17) is 0 Å². The van der Waals surface area contributed by atoms with Crippen molar-refractivity contribution < 1.29 is 9.59 Å². The predicted molar refractivity (Wildman–Crippen MR) is 117 cm³/mol. The molecule has 1 fully saturated rings. The van der Waals surface area contributed by atoms with E-state index in [2.05, 4.69) is 31.9 Å². The van der Waals surface area contributed by atoms with Crippen LogP contribution >= 0.6 is 0 Å². The first-order valence-corrected chi connectivity index (χ1v) is 10.7. The number of hydrogen-bond donors (Lipinski definition) is 0. The molecule has 0 aliphatic carbocycles. The van der Waals surface area contributed by atoms with Gasteiger partial charge in [0, 0.05) is 32.4 Å². The van der Waals surface area contributed by atoms with Gasteiger partial charge in [-0.1, -0.05) is 48.9 Å². The Hall–Kier alpha value is -2.43. The SMILES string of the molecule is CC(C)=CCC[C@]1(C)CCC(=O)N(CCN2N=C(c3ccccc3)CCC2=O)C1. The fourth-order valence-electron chi connectivity index (χ4n) is 4.14. The quantitative estimate of drug-likeness (QED) is 0.643. The summed E-state index contributed by atoms with van der Waals surface area (Å²) in [6.07, 6.45) is 7.09. The van der Waals surface area contributed by atoms with Crippen LogP contribution in [-0.2, 0) is 9.59 Å². The minimum atomic E-state index is 0.0421. The van der Waals surface area contributed by atoms with Gasteiger partial charge >= 0.3 is 0 Å². The summed E-state index contributed by atoms with van der Waals surface area (Å²) in [5, 5.41) is 6.17. The second-order valence-corrected chi connectivity index (χ2v) is 8.88. The Balaban J connectivity index is 1.61. The molecule has 2 amide bonds. The Morgan fingerprint density at radius 2 is 1.83 bits per heavy atom. The van der Waals surface area contributed by atoms with Gasteiger partial charge in [0.2, 0.25) is 11.8 Å². The molecular formula is C24H33N3O2. The zero-order valence-corrected chi connectivity index (χ0v) is 18.0. The van der Waals surface area contributed by atoms with Gasteiger partial charge in [0.05, 0.1) is 12.3 Å². The summed E-state index contributed by atoms with van der Waals surface area (Å²) >= 11 is 0. The third kappa shape index (κ3) is 5.78. The first-order valence-electron chi connectivity index (χ1n) is 10.7. The van der Waals surface area contributed by atoms with Crippen LogP contribution in [0.5, 0.6) is 0 Å². The number of amides is 2. The highest BCUT2D eigenvalue weighted by Gasteiger charge is 2.34. The van der Waals surface area contributed by atoms with Gasteiger partial charge in [0.1, 0.15) is 0 Å². The summed E-state index contributed by atoms with van der Waals surface area (Å²) in [4.78, 5) is 26.8. The molecule has 5 heteroatoms. The molecule has 0 spiro atoms. The lowest BCUT2D eigenvalue weighted by atomic mass is 9.77. The Kier molecular flexibility index (Phi) is 6.88. The second kappa shape index (κ2) is 9.38. The number of carbonyl (C=O) groups is 2. The molecule has 2 aliphatic rings. The van der Waals surface area contributed by atoms with Crippen LogP contribution < -0.4 is 0 Å². The van der Waals surface area contributed by atoms with Crippen LogP contribution in [0.15, 0.2) is 47.1 Å². The Bertz CT molecular complexity index is 796. The van der Waals surface area contributed by atoms with Crippen molar-refractivity contribution in [3.8, 4) is 0 Å². The minimum absolute atomic E-state index is 0.0421. The highest BCUT2D eigenvalue weighted by molar-refractivity contribution is 6.04. The molecular weight excluding hydrogens is 362 g/mol. The number of nitrogens with zero attached hydrogens (tertiary/aromatic N) is 3. The van der Waals surface area contributed by atoms with E-state index >= 15 is 0 Å². The van der Waals surface area contributed by atoms with Crippen LogP contribution in [0.3, 0.4) is 0 Å². The molecule has 2 heterocycles. The maximum Gasteiger partial charge on any atom is 0.243 e. The zero-order chi connectivity index (χ0) is 20.9. The second-order valence-electron chi connectivity index (χ2n) is 8.88. The monoisotopic (exact) mass is 395 g/mol. The largest absolute Gasteiger partial charge is 0.340 e. The number of benzene rings is 1. The zero-order valence-electron chi connectivity index (χ0n) is 18.0. The maximum atomic E-state index is 12.5. The van der Waals surface area contributed by atoms with Crippen molar-refractivity contribution in [2.75, 3.05) is 19.6 Å². The van der Waals surface area contributed by atoms with Crippen LogP contribution in [0.4, 0.5) is 0 Å². The van der Waals surface area contributed by atoms with Gasteiger partial charge in [-0.05, 0) is 44.1 Å². The molecule has 0 radical (unpaired) electrons. The van der Waals surface area contributed by atoms with Crippen LogP contribution in [0.25, 0.3) is 0 Å². The fraction of sp³-hybridized carbons (Fsp3) is 0.542. The van der Waals surface area contributed by atoms with Crippen molar-refractivity contribution in [2.24, 2.45) is 10.5 Å². The number of piperidine rings is 1. The van der Waals surface area contributed by atoms with E-state index in [1.807, 2.05) is 35.2 Å². The molecule has 29 heavy (non-hydrogen) atoms. The van der Waals surface area contributed by atoms with E-state index in [0.717, 1.165) is 37.1 Å². The molecule has 0 unspecified atom stereocenters. The summed E-state index contributed by atoms with van der Waals surface area (Å²) < 4.78 is 0. The highest BCUT2D eigenvalue weighted by Crippen LogP contribution is 2.34. The van der Waals surface area contributed by atoms with Crippen LogP contribution in [0.2, 0.25) is 0 Å². The normalized spacial score (nSPS) is 22.5. The van der Waals surface area contributed by atoms with Gasteiger partial charge < -0.3 is 4.90 Å². The molecule has 3 rings (SSSR count). The molecule has 156 valence electrons. The van der Waals surface area contributed by atoms with Crippen molar-refractivity contribution in [2.45, 2.75) is 59.3 Å². The van der Waals surface area contributed by atoms with E-state index in [0.29, 0.717) is 32.4 Å². The van der Waals surface area contributed by atoms with Gasteiger partial charge in [-0.2, -0.15) is 5.10 Å². The van der Waals surface area contributed by atoms with Gasteiger partial charge in [-0.3, -0.25) is 9.59 Å². The number of carbonyl (C=O) groups excluding carboxylic acids is 2. The summed E-state index contributed by atoms with van der Waals surface area (Å²) in [6, 6.07) is 10.0. The number of hydrogen-bond acceptors (Lipinski definition) is 3. The molecule has 1 aromatic rings. The Morgan fingerprint density at radius 3 is 2.55 bits per heavy atom. The number of likely N-dealkylation sites (tertiary alicyclic amines) is 1. The van der Waals surface area contributed by atoms with Crippen molar-refractivity contribution in [3.63, 3.8) is 0 Å². The van der Waals surface area contributed by atoms with Crippen molar-refractivity contribution in [1.82, 2.24) is 9.91 Å². The van der Waals surface area contributed by atoms with Gasteiger partial charge in [-0.25, -0.2) is 5.01 Å². The van der Waals surface area contributed by atoms with Crippen molar-refractivity contribution in [1.29, 1.82) is 0 Å². The van der Waals surface area contributed by atoms with Gasteiger partial charge in [0.15, 0.2) is 0 Å². The smallest absolute Gasteiger partial charge is 0.243 e. The number of hydrazone groups is 1. The molecule has 0 saturated carbocycles. The maximum absolute atomic E-state index is 12.5. The molecule has 1 aromatic carbocycles. The Morgan fingerprint density at radius 1 is 1.07 bits per heavy atom.